The van der Waals surface area contributed by atoms with Gasteiger partial charge in [0.25, 0.3) is 11.9 Å². The molecule has 4 aromatic rings. The Hall–Kier alpha value is -5.06. The van der Waals surface area contributed by atoms with Crippen LogP contribution < -0.4 is 21.6 Å². The zero-order valence-electron chi connectivity index (χ0n) is 27.1. The van der Waals surface area contributed by atoms with E-state index in [1.165, 1.54) is 5.56 Å². The second kappa shape index (κ2) is 15.3. The van der Waals surface area contributed by atoms with E-state index in [2.05, 4.69) is 32.8 Å². The monoisotopic (exact) mass is 626 g/mol. The van der Waals surface area contributed by atoms with Crippen molar-refractivity contribution in [3.63, 3.8) is 0 Å². The summed E-state index contributed by atoms with van der Waals surface area (Å²) in [7, 11) is 1.71. The maximum Gasteiger partial charge on any atom is 0.348 e. The summed E-state index contributed by atoms with van der Waals surface area (Å²) >= 11 is 0. The van der Waals surface area contributed by atoms with Crippen LogP contribution in [0.5, 0.6) is 0 Å². The van der Waals surface area contributed by atoms with E-state index in [1.54, 1.807) is 63.2 Å². The number of aromatic nitrogens is 2. The molecule has 0 atom stereocenters. The van der Waals surface area contributed by atoms with Crippen LogP contribution in [-0.4, -0.2) is 58.3 Å². The summed E-state index contributed by atoms with van der Waals surface area (Å²) in [5.41, 5.74) is 2.13. The molecule has 11 heteroatoms. The largest absolute Gasteiger partial charge is 0.389 e. The van der Waals surface area contributed by atoms with Crippen molar-refractivity contribution in [1.29, 1.82) is 0 Å². The first-order valence-corrected chi connectivity index (χ1v) is 15.5. The van der Waals surface area contributed by atoms with E-state index >= 15 is 0 Å². The molecule has 3 N–H and O–H groups in total. The second-order valence-corrected chi connectivity index (χ2v) is 11.8. The van der Waals surface area contributed by atoms with Crippen molar-refractivity contribution < 1.29 is 18.8 Å². The highest BCUT2D eigenvalue weighted by molar-refractivity contribution is 5.97. The van der Waals surface area contributed by atoms with Crippen LogP contribution in [0.4, 0.5) is 11.7 Å². The molecule has 0 saturated carbocycles. The summed E-state index contributed by atoms with van der Waals surface area (Å²) in [6.07, 6.45) is 5.56. The Bertz CT molecular complexity index is 1730. The van der Waals surface area contributed by atoms with Crippen LogP contribution in [0.1, 0.15) is 67.2 Å². The maximum atomic E-state index is 13.2. The third-order valence-electron chi connectivity index (χ3n) is 7.74. The zero-order valence-corrected chi connectivity index (χ0v) is 27.1. The van der Waals surface area contributed by atoms with Crippen LogP contribution in [0.15, 0.2) is 70.0 Å². The number of amides is 3. The Balaban J connectivity index is 1.34. The number of carbonyl (C=O) groups is 3. The van der Waals surface area contributed by atoms with E-state index in [4.69, 9.17) is 4.42 Å². The zero-order chi connectivity index (χ0) is 33.3. The highest BCUT2D eigenvalue weighted by Crippen LogP contribution is 2.24. The lowest BCUT2D eigenvalue weighted by molar-refractivity contribution is -0.133. The molecule has 0 unspecified atom stereocenters. The summed E-state index contributed by atoms with van der Waals surface area (Å²) in [5.74, 6) is -0.773. The van der Waals surface area contributed by atoms with Crippen LogP contribution in [0.2, 0.25) is 0 Å². The molecule has 0 aliphatic heterocycles. The van der Waals surface area contributed by atoms with Crippen LogP contribution in [-0.2, 0) is 22.4 Å². The van der Waals surface area contributed by atoms with Gasteiger partial charge < -0.3 is 25.3 Å². The highest BCUT2D eigenvalue weighted by atomic mass is 16.4. The van der Waals surface area contributed by atoms with Crippen LogP contribution in [0, 0.1) is 6.92 Å². The van der Waals surface area contributed by atoms with Gasteiger partial charge in [0, 0.05) is 56.1 Å². The Kier molecular flexibility index (Phi) is 11.2. The van der Waals surface area contributed by atoms with Gasteiger partial charge in [-0.2, -0.15) is 4.98 Å². The van der Waals surface area contributed by atoms with E-state index in [9.17, 15) is 19.2 Å². The van der Waals surface area contributed by atoms with E-state index < -0.39 is 11.2 Å². The topological polar surface area (TPSA) is 147 Å². The predicted molar refractivity (Wildman–Crippen MR) is 179 cm³/mol. The number of unbranched alkanes of at least 4 members (excludes halogenated alkanes) is 1. The number of benzene rings is 2. The molecule has 0 fully saturated rings. The maximum absolute atomic E-state index is 13.2. The standard InChI is InChI=1S/C35H42N6O5/c1-6-7-10-24-12-14-25(15-13-24)31(43)37-21-18-29(42)38-27-16-17-28-30(23(27)2)32(44)46-34(39-28)40-35(3,4)33(45)41(5)22-19-26-11-8-9-20-36-26/h8-9,11-17,20H,6-7,10,18-19,21-22H2,1-5H3,(H,37,43)(H,38,42)(H,39,40). The molecule has 0 aliphatic rings. The number of pyridine rings is 1. The van der Waals surface area contributed by atoms with Crippen molar-refractivity contribution in [1.82, 2.24) is 20.2 Å². The van der Waals surface area contributed by atoms with E-state index in [1.807, 2.05) is 30.3 Å². The van der Waals surface area contributed by atoms with Crippen molar-refractivity contribution in [2.75, 3.05) is 30.8 Å². The molecule has 46 heavy (non-hydrogen) atoms. The van der Waals surface area contributed by atoms with Gasteiger partial charge in [-0.25, -0.2) is 4.79 Å². The number of carbonyl (C=O) groups excluding carboxylic acids is 3. The average Bonchev–Trinajstić information content (AvgIpc) is 3.03. The van der Waals surface area contributed by atoms with Gasteiger partial charge in [0.05, 0.1) is 10.9 Å². The fourth-order valence-corrected chi connectivity index (χ4v) is 5.04. The summed E-state index contributed by atoms with van der Waals surface area (Å²) in [6.45, 7) is 7.83. The summed E-state index contributed by atoms with van der Waals surface area (Å²) in [4.78, 5) is 61.7. The molecular weight excluding hydrogens is 584 g/mol. The molecular formula is C35H42N6O5. The molecule has 0 spiro atoms. The average molecular weight is 627 g/mol. The Morgan fingerprint density at radius 3 is 2.46 bits per heavy atom. The van der Waals surface area contributed by atoms with Gasteiger partial charge in [0.1, 0.15) is 5.54 Å². The molecule has 3 amide bonds. The SMILES string of the molecule is CCCCc1ccc(C(=O)NCCC(=O)Nc2ccc3nc(NC(C)(C)C(=O)N(C)CCc4ccccn4)oc(=O)c3c2C)cc1. The first-order chi connectivity index (χ1) is 22.0. The minimum absolute atomic E-state index is 0.0485. The highest BCUT2D eigenvalue weighted by Gasteiger charge is 2.32. The number of nitrogens with one attached hydrogen (secondary N) is 3. The van der Waals surface area contributed by atoms with Crippen LogP contribution in [0.3, 0.4) is 0 Å². The molecule has 2 aromatic carbocycles. The van der Waals surface area contributed by atoms with Gasteiger partial charge in [-0.15, -0.1) is 0 Å². The molecule has 0 bridgehead atoms. The first kappa shape index (κ1) is 33.8. The van der Waals surface area contributed by atoms with Crippen molar-refractivity contribution in [3.8, 4) is 0 Å². The summed E-state index contributed by atoms with van der Waals surface area (Å²) in [5, 5.41) is 8.76. The number of anilines is 2. The smallest absolute Gasteiger partial charge is 0.348 e. The lowest BCUT2D eigenvalue weighted by Crippen LogP contribution is -2.49. The Morgan fingerprint density at radius 2 is 1.76 bits per heavy atom. The summed E-state index contributed by atoms with van der Waals surface area (Å²) < 4.78 is 5.47. The number of likely N-dealkylation sites (N-methyl/N-ethyl adjacent to an activating group) is 1. The van der Waals surface area contributed by atoms with Crippen molar-refractivity contribution in [3.05, 3.63) is 93.6 Å². The Labute approximate surface area is 268 Å². The van der Waals surface area contributed by atoms with Crippen molar-refractivity contribution >= 4 is 40.3 Å². The van der Waals surface area contributed by atoms with Gasteiger partial charge in [0.15, 0.2) is 0 Å². The fourth-order valence-electron chi connectivity index (χ4n) is 5.04. The summed E-state index contributed by atoms with van der Waals surface area (Å²) in [6, 6.07) is 16.3. The first-order valence-electron chi connectivity index (χ1n) is 15.5. The molecule has 2 heterocycles. The molecule has 0 aliphatic carbocycles. The number of nitrogens with zero attached hydrogens (tertiary/aromatic N) is 3. The number of hydrogen-bond acceptors (Lipinski definition) is 8. The predicted octanol–water partition coefficient (Wildman–Crippen LogP) is 4.88. The fraction of sp³-hybridized carbons (Fsp3) is 0.371. The normalized spacial score (nSPS) is 11.2. The van der Waals surface area contributed by atoms with Gasteiger partial charge >= 0.3 is 5.63 Å². The van der Waals surface area contributed by atoms with E-state index in [0.717, 1.165) is 25.0 Å². The second-order valence-electron chi connectivity index (χ2n) is 11.8. The minimum atomic E-state index is -1.12. The lowest BCUT2D eigenvalue weighted by Gasteiger charge is -2.30. The molecule has 242 valence electrons. The third kappa shape index (κ3) is 8.77. The van der Waals surface area contributed by atoms with Gasteiger partial charge in [-0.1, -0.05) is 31.5 Å². The number of aryl methyl sites for hydroxylation is 2. The molecule has 0 saturated heterocycles. The lowest BCUT2D eigenvalue weighted by atomic mass is 10.0. The van der Waals surface area contributed by atoms with Gasteiger partial charge in [-0.05, 0) is 81.1 Å². The molecule has 11 nitrogen and oxygen atoms in total. The van der Waals surface area contributed by atoms with E-state index in [-0.39, 0.29) is 42.1 Å². The van der Waals surface area contributed by atoms with Crippen LogP contribution >= 0.6 is 0 Å². The van der Waals surface area contributed by atoms with Gasteiger partial charge in [0.2, 0.25) is 11.8 Å². The minimum Gasteiger partial charge on any atom is -0.389 e. The quantitative estimate of drug-likeness (QED) is 0.179. The van der Waals surface area contributed by atoms with Crippen molar-refractivity contribution in [2.45, 2.75) is 65.3 Å². The Morgan fingerprint density at radius 1 is 1.00 bits per heavy atom. The third-order valence-corrected chi connectivity index (χ3v) is 7.74. The number of hydrogen-bond donors (Lipinski definition) is 3. The molecule has 0 radical (unpaired) electrons. The number of fused-ring (bicyclic) bond motifs is 1. The van der Waals surface area contributed by atoms with Gasteiger partial charge in [-0.3, -0.25) is 19.4 Å². The van der Waals surface area contributed by atoms with Crippen molar-refractivity contribution in [2.24, 2.45) is 0 Å². The molecule has 4 rings (SSSR count). The molecule has 2 aromatic heterocycles. The van der Waals surface area contributed by atoms with E-state index in [0.29, 0.717) is 35.3 Å². The number of rotatable bonds is 14. The van der Waals surface area contributed by atoms with Crippen LogP contribution in [0.25, 0.3) is 10.9 Å².